The van der Waals surface area contributed by atoms with Crippen LogP contribution in [0.25, 0.3) is 0 Å². The Morgan fingerprint density at radius 1 is 1.17 bits per heavy atom. The van der Waals surface area contributed by atoms with Gasteiger partial charge in [-0.15, -0.1) is 0 Å². The molecule has 1 saturated carbocycles. The van der Waals surface area contributed by atoms with E-state index in [-0.39, 0.29) is 5.60 Å². The summed E-state index contributed by atoms with van der Waals surface area (Å²) in [5, 5.41) is 0.827. The minimum Gasteiger partial charge on any atom is -0.486 e. The van der Waals surface area contributed by atoms with Crippen molar-refractivity contribution in [1.82, 2.24) is 0 Å². The van der Waals surface area contributed by atoms with E-state index in [2.05, 4.69) is 0 Å². The zero-order valence-electron chi connectivity index (χ0n) is 11.3. The standard InChI is InChI=1S/C15H22ClNO/c1-11-8-13(9-12(2)14(11)16)18-15(10-17)6-4-3-5-7-15/h8-9H,3-7,10,17H2,1-2H3. The normalized spacial score (nSPS) is 18.7. The monoisotopic (exact) mass is 267 g/mol. The summed E-state index contributed by atoms with van der Waals surface area (Å²) in [6, 6.07) is 4.03. The first-order valence-corrected chi connectivity index (χ1v) is 7.10. The van der Waals surface area contributed by atoms with E-state index in [0.717, 1.165) is 34.7 Å². The van der Waals surface area contributed by atoms with Crippen molar-refractivity contribution in [2.45, 2.75) is 51.6 Å². The summed E-state index contributed by atoms with van der Waals surface area (Å²) in [4.78, 5) is 0. The van der Waals surface area contributed by atoms with Gasteiger partial charge in [0.2, 0.25) is 0 Å². The molecule has 0 bridgehead atoms. The van der Waals surface area contributed by atoms with Gasteiger partial charge in [-0.05, 0) is 62.8 Å². The number of rotatable bonds is 3. The molecule has 1 aliphatic carbocycles. The third-order valence-corrected chi connectivity index (χ3v) is 4.48. The van der Waals surface area contributed by atoms with Crippen LogP contribution in [0.4, 0.5) is 0 Å². The Hall–Kier alpha value is -0.730. The Balaban J connectivity index is 2.21. The van der Waals surface area contributed by atoms with E-state index >= 15 is 0 Å². The zero-order chi connectivity index (χ0) is 13.2. The molecule has 0 atom stereocenters. The number of aryl methyl sites for hydroxylation is 2. The first kappa shape index (κ1) is 13.7. The molecule has 0 heterocycles. The second-order valence-electron chi connectivity index (χ2n) is 5.42. The lowest BCUT2D eigenvalue weighted by Gasteiger charge is -2.37. The maximum absolute atomic E-state index is 6.23. The third-order valence-electron chi connectivity index (χ3n) is 3.88. The number of hydrogen-bond donors (Lipinski definition) is 1. The van der Waals surface area contributed by atoms with E-state index in [0.29, 0.717) is 6.54 Å². The number of hydrogen-bond acceptors (Lipinski definition) is 2. The Kier molecular flexibility index (Phi) is 4.18. The molecule has 0 unspecified atom stereocenters. The van der Waals surface area contributed by atoms with E-state index in [1.54, 1.807) is 0 Å². The molecule has 0 radical (unpaired) electrons. The van der Waals surface area contributed by atoms with Crippen LogP contribution in [0.15, 0.2) is 12.1 Å². The van der Waals surface area contributed by atoms with E-state index in [1.807, 2.05) is 26.0 Å². The predicted molar refractivity (Wildman–Crippen MR) is 76.4 cm³/mol. The molecule has 2 nitrogen and oxygen atoms in total. The van der Waals surface area contributed by atoms with Gasteiger partial charge in [0.15, 0.2) is 0 Å². The van der Waals surface area contributed by atoms with Gasteiger partial charge in [0.1, 0.15) is 11.4 Å². The lowest BCUT2D eigenvalue weighted by atomic mass is 9.84. The van der Waals surface area contributed by atoms with Crippen LogP contribution in [0, 0.1) is 13.8 Å². The quantitative estimate of drug-likeness (QED) is 0.899. The minimum atomic E-state index is -0.162. The van der Waals surface area contributed by atoms with Crippen molar-refractivity contribution >= 4 is 11.6 Å². The fraction of sp³-hybridized carbons (Fsp3) is 0.600. The largest absolute Gasteiger partial charge is 0.486 e. The van der Waals surface area contributed by atoms with Gasteiger partial charge in [-0.25, -0.2) is 0 Å². The first-order chi connectivity index (χ1) is 8.56. The molecule has 1 fully saturated rings. The van der Waals surface area contributed by atoms with E-state index in [1.165, 1.54) is 19.3 Å². The van der Waals surface area contributed by atoms with Crippen LogP contribution in [-0.2, 0) is 0 Å². The van der Waals surface area contributed by atoms with Gasteiger partial charge in [-0.1, -0.05) is 18.0 Å². The molecule has 1 aliphatic rings. The second-order valence-corrected chi connectivity index (χ2v) is 5.80. The van der Waals surface area contributed by atoms with Crippen molar-refractivity contribution in [2.75, 3.05) is 6.54 Å². The van der Waals surface area contributed by atoms with Crippen LogP contribution in [0.5, 0.6) is 5.75 Å². The van der Waals surface area contributed by atoms with Gasteiger partial charge in [-0.2, -0.15) is 0 Å². The minimum absolute atomic E-state index is 0.162. The summed E-state index contributed by atoms with van der Waals surface area (Å²) < 4.78 is 6.23. The molecule has 3 heteroatoms. The maximum Gasteiger partial charge on any atom is 0.121 e. The van der Waals surface area contributed by atoms with Crippen LogP contribution < -0.4 is 10.5 Å². The topological polar surface area (TPSA) is 35.2 Å². The van der Waals surface area contributed by atoms with Crippen molar-refractivity contribution in [3.63, 3.8) is 0 Å². The lowest BCUT2D eigenvalue weighted by molar-refractivity contribution is 0.0386. The molecule has 2 N–H and O–H groups in total. The van der Waals surface area contributed by atoms with Crippen LogP contribution in [0.2, 0.25) is 5.02 Å². The SMILES string of the molecule is Cc1cc(OC2(CN)CCCCC2)cc(C)c1Cl. The summed E-state index contributed by atoms with van der Waals surface area (Å²) in [7, 11) is 0. The molecule has 0 aromatic heterocycles. The first-order valence-electron chi connectivity index (χ1n) is 6.72. The molecule has 1 aromatic carbocycles. The van der Waals surface area contributed by atoms with Gasteiger partial charge in [0.25, 0.3) is 0 Å². The van der Waals surface area contributed by atoms with E-state index < -0.39 is 0 Å². The number of ether oxygens (including phenoxy) is 1. The summed E-state index contributed by atoms with van der Waals surface area (Å²) >= 11 is 6.18. The number of nitrogens with two attached hydrogens (primary N) is 1. The van der Waals surface area contributed by atoms with Crippen LogP contribution >= 0.6 is 11.6 Å². The van der Waals surface area contributed by atoms with Gasteiger partial charge in [0, 0.05) is 11.6 Å². The highest BCUT2D eigenvalue weighted by Crippen LogP contribution is 2.34. The summed E-state index contributed by atoms with van der Waals surface area (Å²) in [5.74, 6) is 0.904. The highest BCUT2D eigenvalue weighted by molar-refractivity contribution is 6.32. The highest BCUT2D eigenvalue weighted by atomic mass is 35.5. The lowest BCUT2D eigenvalue weighted by Crippen LogP contribution is -2.45. The van der Waals surface area contributed by atoms with Gasteiger partial charge < -0.3 is 10.5 Å². The Morgan fingerprint density at radius 3 is 2.22 bits per heavy atom. The van der Waals surface area contributed by atoms with Gasteiger partial charge >= 0.3 is 0 Å². The fourth-order valence-electron chi connectivity index (χ4n) is 2.76. The molecule has 0 amide bonds. The van der Waals surface area contributed by atoms with Gasteiger partial charge in [0.05, 0.1) is 0 Å². The molecule has 18 heavy (non-hydrogen) atoms. The summed E-state index contributed by atoms with van der Waals surface area (Å²) in [6.07, 6.45) is 5.84. The molecule has 2 rings (SSSR count). The molecule has 100 valence electrons. The second kappa shape index (κ2) is 5.50. The third kappa shape index (κ3) is 2.81. The zero-order valence-corrected chi connectivity index (χ0v) is 12.0. The Morgan fingerprint density at radius 2 is 1.72 bits per heavy atom. The number of halogens is 1. The smallest absolute Gasteiger partial charge is 0.121 e. The molecule has 1 aromatic rings. The average molecular weight is 268 g/mol. The predicted octanol–water partition coefficient (Wildman–Crippen LogP) is 4.00. The van der Waals surface area contributed by atoms with Gasteiger partial charge in [-0.3, -0.25) is 0 Å². The van der Waals surface area contributed by atoms with Crippen molar-refractivity contribution in [3.8, 4) is 5.75 Å². The maximum atomic E-state index is 6.23. The molecular weight excluding hydrogens is 246 g/mol. The molecule has 0 spiro atoms. The summed E-state index contributed by atoms with van der Waals surface area (Å²) in [5.41, 5.74) is 7.91. The van der Waals surface area contributed by atoms with Crippen LogP contribution in [0.3, 0.4) is 0 Å². The van der Waals surface area contributed by atoms with Crippen molar-refractivity contribution < 1.29 is 4.74 Å². The Labute approximate surface area is 114 Å². The Bertz CT molecular complexity index is 401. The highest BCUT2D eigenvalue weighted by Gasteiger charge is 2.32. The average Bonchev–Trinajstić information content (AvgIpc) is 2.37. The molecular formula is C15H22ClNO. The van der Waals surface area contributed by atoms with E-state index in [4.69, 9.17) is 22.1 Å². The fourth-order valence-corrected chi connectivity index (χ4v) is 2.87. The van der Waals surface area contributed by atoms with Crippen LogP contribution in [-0.4, -0.2) is 12.1 Å². The number of benzene rings is 1. The van der Waals surface area contributed by atoms with E-state index in [9.17, 15) is 0 Å². The van der Waals surface area contributed by atoms with Crippen molar-refractivity contribution in [1.29, 1.82) is 0 Å². The van der Waals surface area contributed by atoms with Crippen LogP contribution in [0.1, 0.15) is 43.2 Å². The molecule has 0 saturated heterocycles. The van der Waals surface area contributed by atoms with Crippen molar-refractivity contribution in [3.05, 3.63) is 28.3 Å². The van der Waals surface area contributed by atoms with Crippen molar-refractivity contribution in [2.24, 2.45) is 5.73 Å². The summed E-state index contributed by atoms with van der Waals surface area (Å²) in [6.45, 7) is 4.62. The molecule has 0 aliphatic heterocycles.